The van der Waals surface area contributed by atoms with Crippen molar-refractivity contribution >= 4 is 23.2 Å². The molecule has 6 heteroatoms. The highest BCUT2D eigenvalue weighted by Crippen LogP contribution is 2.14. The Balaban J connectivity index is 1.35. The molecule has 2 aromatic carbocycles. The van der Waals surface area contributed by atoms with E-state index in [0.29, 0.717) is 19.4 Å². The third kappa shape index (κ3) is 6.70. The largest absolute Gasteiger partial charge is 0.376 e. The Kier molecular flexibility index (Phi) is 7.44. The molecule has 0 bridgehead atoms. The molecule has 1 atom stereocenters. The average Bonchev–Trinajstić information content (AvgIpc) is 3.25. The van der Waals surface area contributed by atoms with Crippen LogP contribution in [-0.2, 0) is 20.7 Å². The maximum atomic E-state index is 12.1. The number of ether oxygens (including phenoxy) is 1. The van der Waals surface area contributed by atoms with Gasteiger partial charge < -0.3 is 20.7 Å². The van der Waals surface area contributed by atoms with Crippen molar-refractivity contribution in [3.8, 4) is 0 Å². The number of amides is 2. The van der Waals surface area contributed by atoms with Crippen molar-refractivity contribution in [2.75, 3.05) is 30.3 Å². The van der Waals surface area contributed by atoms with Crippen molar-refractivity contribution in [2.45, 2.75) is 31.8 Å². The van der Waals surface area contributed by atoms with E-state index in [4.69, 9.17) is 4.74 Å². The molecule has 3 N–H and O–H groups in total. The Morgan fingerprint density at radius 3 is 2.43 bits per heavy atom. The highest BCUT2D eigenvalue weighted by Gasteiger charge is 2.15. The standard InChI is InChI=1S/C22H27N3O3/c26-21(13-8-17-5-2-1-3-6-17)25-19-11-9-18(10-12-19)23-16-22(27)24-15-20-7-4-14-28-20/h1-3,5-6,9-12,20,23H,4,7-8,13-16H2,(H,24,27)(H,25,26). The van der Waals surface area contributed by atoms with Gasteiger partial charge in [-0.05, 0) is 49.1 Å². The molecule has 1 saturated heterocycles. The van der Waals surface area contributed by atoms with Gasteiger partial charge in [0.15, 0.2) is 0 Å². The fourth-order valence-corrected chi connectivity index (χ4v) is 3.08. The number of hydrogen-bond acceptors (Lipinski definition) is 4. The lowest BCUT2D eigenvalue weighted by atomic mass is 10.1. The van der Waals surface area contributed by atoms with Crippen LogP contribution in [0.3, 0.4) is 0 Å². The Hall–Kier alpha value is -2.86. The monoisotopic (exact) mass is 381 g/mol. The zero-order chi connectivity index (χ0) is 19.6. The highest BCUT2D eigenvalue weighted by atomic mass is 16.5. The summed E-state index contributed by atoms with van der Waals surface area (Å²) in [5.74, 6) is -0.0770. The lowest BCUT2D eigenvalue weighted by Crippen LogP contribution is -2.35. The molecule has 1 aliphatic rings. The minimum atomic E-state index is -0.0613. The number of nitrogens with one attached hydrogen (secondary N) is 3. The number of aryl methyl sites for hydroxylation is 1. The molecule has 28 heavy (non-hydrogen) atoms. The van der Waals surface area contributed by atoms with E-state index in [0.717, 1.165) is 36.4 Å². The van der Waals surface area contributed by atoms with Gasteiger partial charge in [0.25, 0.3) is 0 Å². The van der Waals surface area contributed by atoms with Crippen LogP contribution in [0.5, 0.6) is 0 Å². The van der Waals surface area contributed by atoms with Crippen LogP contribution in [-0.4, -0.2) is 37.6 Å². The fourth-order valence-electron chi connectivity index (χ4n) is 3.08. The summed E-state index contributed by atoms with van der Waals surface area (Å²) < 4.78 is 5.48. The highest BCUT2D eigenvalue weighted by molar-refractivity contribution is 5.91. The van der Waals surface area contributed by atoms with Crippen LogP contribution >= 0.6 is 0 Å². The number of anilines is 2. The van der Waals surface area contributed by atoms with Crippen molar-refractivity contribution in [1.29, 1.82) is 0 Å². The molecule has 1 heterocycles. The van der Waals surface area contributed by atoms with Gasteiger partial charge in [-0.3, -0.25) is 9.59 Å². The molecule has 1 unspecified atom stereocenters. The number of carbonyl (C=O) groups excluding carboxylic acids is 2. The van der Waals surface area contributed by atoms with E-state index < -0.39 is 0 Å². The fraction of sp³-hybridized carbons (Fsp3) is 0.364. The molecule has 3 rings (SSSR count). The van der Waals surface area contributed by atoms with Crippen molar-refractivity contribution in [1.82, 2.24) is 5.32 Å². The summed E-state index contributed by atoms with van der Waals surface area (Å²) in [4.78, 5) is 24.0. The minimum absolute atomic E-state index is 0.0157. The maximum absolute atomic E-state index is 12.1. The minimum Gasteiger partial charge on any atom is -0.376 e. The smallest absolute Gasteiger partial charge is 0.239 e. The quantitative estimate of drug-likeness (QED) is 0.624. The SMILES string of the molecule is O=C(CNc1ccc(NC(=O)CCc2ccccc2)cc1)NCC1CCCO1. The van der Waals surface area contributed by atoms with Gasteiger partial charge >= 0.3 is 0 Å². The van der Waals surface area contributed by atoms with Crippen LogP contribution in [0.1, 0.15) is 24.8 Å². The second-order valence-corrected chi connectivity index (χ2v) is 6.90. The Bertz CT molecular complexity index is 756. The predicted octanol–water partition coefficient (Wildman–Crippen LogP) is 2.97. The first-order valence-corrected chi connectivity index (χ1v) is 9.75. The lowest BCUT2D eigenvalue weighted by molar-refractivity contribution is -0.120. The van der Waals surface area contributed by atoms with Gasteiger partial charge in [0.2, 0.25) is 11.8 Å². The zero-order valence-electron chi connectivity index (χ0n) is 15.9. The van der Waals surface area contributed by atoms with E-state index in [1.54, 1.807) is 0 Å². The number of carbonyl (C=O) groups is 2. The van der Waals surface area contributed by atoms with E-state index in [9.17, 15) is 9.59 Å². The molecule has 0 aliphatic carbocycles. The summed E-state index contributed by atoms with van der Waals surface area (Å²) >= 11 is 0. The topological polar surface area (TPSA) is 79.5 Å². The first-order chi connectivity index (χ1) is 13.7. The van der Waals surface area contributed by atoms with E-state index in [1.807, 2.05) is 54.6 Å². The molecule has 0 radical (unpaired) electrons. The molecule has 0 saturated carbocycles. The molecule has 1 fully saturated rings. The van der Waals surface area contributed by atoms with Crippen molar-refractivity contribution < 1.29 is 14.3 Å². The molecular weight excluding hydrogens is 354 g/mol. The summed E-state index contributed by atoms with van der Waals surface area (Å²) in [6.07, 6.45) is 3.37. The molecular formula is C22H27N3O3. The van der Waals surface area contributed by atoms with Crippen LogP contribution in [0.4, 0.5) is 11.4 Å². The van der Waals surface area contributed by atoms with Crippen LogP contribution in [0.15, 0.2) is 54.6 Å². The molecule has 2 amide bonds. The van der Waals surface area contributed by atoms with Crippen LogP contribution in [0, 0.1) is 0 Å². The lowest BCUT2D eigenvalue weighted by Gasteiger charge is -2.12. The average molecular weight is 381 g/mol. The van der Waals surface area contributed by atoms with Crippen LogP contribution in [0.2, 0.25) is 0 Å². The van der Waals surface area contributed by atoms with Gasteiger partial charge in [0, 0.05) is 30.9 Å². The first kappa shape index (κ1) is 19.9. The summed E-state index contributed by atoms with van der Waals surface area (Å²) in [6, 6.07) is 17.3. The van der Waals surface area contributed by atoms with Gasteiger partial charge in [0.1, 0.15) is 0 Å². The van der Waals surface area contributed by atoms with Gasteiger partial charge in [-0.15, -0.1) is 0 Å². The van der Waals surface area contributed by atoms with Crippen molar-refractivity contribution in [2.24, 2.45) is 0 Å². The van der Waals surface area contributed by atoms with Crippen LogP contribution < -0.4 is 16.0 Å². The van der Waals surface area contributed by atoms with Crippen LogP contribution in [0.25, 0.3) is 0 Å². The van der Waals surface area contributed by atoms with E-state index >= 15 is 0 Å². The van der Waals surface area contributed by atoms with Crippen molar-refractivity contribution in [3.63, 3.8) is 0 Å². The van der Waals surface area contributed by atoms with Gasteiger partial charge in [0.05, 0.1) is 12.6 Å². The maximum Gasteiger partial charge on any atom is 0.239 e. The Labute approximate surface area is 165 Å². The summed E-state index contributed by atoms with van der Waals surface area (Å²) in [5, 5.41) is 8.85. The van der Waals surface area contributed by atoms with E-state index in [2.05, 4.69) is 16.0 Å². The molecule has 2 aromatic rings. The third-order valence-electron chi connectivity index (χ3n) is 4.66. The molecule has 1 aliphatic heterocycles. The summed E-state index contributed by atoms with van der Waals surface area (Å²) in [6.45, 7) is 1.55. The van der Waals surface area contributed by atoms with E-state index in [1.165, 1.54) is 0 Å². The molecule has 0 aromatic heterocycles. The number of benzene rings is 2. The van der Waals surface area contributed by atoms with Gasteiger partial charge in [-0.2, -0.15) is 0 Å². The van der Waals surface area contributed by atoms with Gasteiger partial charge in [-0.1, -0.05) is 30.3 Å². The molecule has 148 valence electrons. The molecule has 0 spiro atoms. The van der Waals surface area contributed by atoms with E-state index in [-0.39, 0.29) is 24.5 Å². The normalized spacial score (nSPS) is 15.8. The second-order valence-electron chi connectivity index (χ2n) is 6.90. The zero-order valence-corrected chi connectivity index (χ0v) is 15.9. The number of rotatable bonds is 9. The first-order valence-electron chi connectivity index (χ1n) is 9.75. The Morgan fingerprint density at radius 1 is 0.964 bits per heavy atom. The second kappa shape index (κ2) is 10.5. The summed E-state index contributed by atoms with van der Waals surface area (Å²) in [5.41, 5.74) is 2.72. The Morgan fingerprint density at radius 2 is 1.71 bits per heavy atom. The summed E-state index contributed by atoms with van der Waals surface area (Å²) in [7, 11) is 0. The number of hydrogen-bond donors (Lipinski definition) is 3. The predicted molar refractivity (Wildman–Crippen MR) is 110 cm³/mol. The molecule has 6 nitrogen and oxygen atoms in total. The van der Waals surface area contributed by atoms with Gasteiger partial charge in [-0.25, -0.2) is 0 Å². The van der Waals surface area contributed by atoms with Crippen molar-refractivity contribution in [3.05, 3.63) is 60.2 Å². The third-order valence-corrected chi connectivity index (χ3v) is 4.66.